The van der Waals surface area contributed by atoms with Gasteiger partial charge in [0.1, 0.15) is 0 Å². The summed E-state index contributed by atoms with van der Waals surface area (Å²) < 4.78 is 0. The molecule has 5 heavy (non-hydrogen) atoms. The van der Waals surface area contributed by atoms with E-state index in [2.05, 4.69) is 19.2 Å². The molecule has 0 rings (SSSR count). The molecular formula is C4H5Co-. The minimum Gasteiger partial charge on any atom is -0.259 e. The first-order valence-electron chi connectivity index (χ1n) is 1.05. The van der Waals surface area contributed by atoms with E-state index >= 15 is 0 Å². The molecule has 0 atom stereocenters. The van der Waals surface area contributed by atoms with E-state index in [0.29, 0.717) is 0 Å². The van der Waals surface area contributed by atoms with Crippen LogP contribution in [0.25, 0.3) is 0 Å². The Morgan fingerprint density at radius 3 is 1.80 bits per heavy atom. The van der Waals surface area contributed by atoms with Gasteiger partial charge in [-0.25, -0.2) is 12.7 Å². The number of hydrogen-bond donors (Lipinski definition) is 0. The number of rotatable bonds is 1. The van der Waals surface area contributed by atoms with Crippen molar-refractivity contribution in [3.05, 3.63) is 25.3 Å². The van der Waals surface area contributed by atoms with Crippen molar-refractivity contribution in [1.29, 1.82) is 0 Å². The Balaban J connectivity index is 0. The fourth-order valence-corrected chi connectivity index (χ4v) is 0. The molecule has 0 aromatic heterocycles. The quantitative estimate of drug-likeness (QED) is 0.352. The number of allylic oxidation sites excluding steroid dienone is 2. The molecule has 0 aliphatic carbocycles. The van der Waals surface area contributed by atoms with Gasteiger partial charge in [-0.05, 0) is 0 Å². The van der Waals surface area contributed by atoms with Crippen LogP contribution in [-0.2, 0) is 16.8 Å². The molecule has 0 amide bonds. The van der Waals surface area contributed by atoms with Crippen LogP contribution in [0.4, 0.5) is 0 Å². The van der Waals surface area contributed by atoms with Gasteiger partial charge in [0.25, 0.3) is 0 Å². The smallest absolute Gasteiger partial charge is 0 e. The Bertz CT molecular complexity index is 24.6. The first kappa shape index (κ1) is 8.88. The molecule has 0 N–H and O–H groups in total. The molecule has 0 nitrogen and oxygen atoms in total. The second-order valence-corrected chi connectivity index (χ2v) is 0.408. The number of hydrogen-bond acceptors (Lipinski definition) is 0. The van der Waals surface area contributed by atoms with E-state index in [9.17, 15) is 0 Å². The standard InChI is InChI=1S/C4H5.Co/c1-3-4-2;/h3H,1-2H2;/q-1;. The van der Waals surface area contributed by atoms with Gasteiger partial charge >= 0.3 is 0 Å². The van der Waals surface area contributed by atoms with Crippen LogP contribution in [0, 0.1) is 6.08 Å². The Hall–Kier alpha value is -0.0135. The molecule has 0 bridgehead atoms. The summed E-state index contributed by atoms with van der Waals surface area (Å²) in [6.45, 7) is 6.54. The minimum atomic E-state index is 0. The molecular weight excluding hydrogens is 107 g/mol. The van der Waals surface area contributed by atoms with Crippen molar-refractivity contribution in [2.24, 2.45) is 0 Å². The van der Waals surface area contributed by atoms with Gasteiger partial charge in [-0.1, -0.05) is 0 Å². The van der Waals surface area contributed by atoms with Crippen molar-refractivity contribution >= 4 is 0 Å². The van der Waals surface area contributed by atoms with Crippen LogP contribution in [0.3, 0.4) is 0 Å². The molecule has 0 saturated heterocycles. The van der Waals surface area contributed by atoms with Gasteiger partial charge in [-0.15, -0.1) is 0 Å². The van der Waals surface area contributed by atoms with Crippen LogP contribution >= 0.6 is 0 Å². The van der Waals surface area contributed by atoms with Gasteiger partial charge in [0.2, 0.25) is 0 Å². The normalized spacial score (nSPS) is 4.00. The summed E-state index contributed by atoms with van der Waals surface area (Å²) in [5.41, 5.74) is 0. The predicted molar refractivity (Wildman–Crippen MR) is 19.1 cm³/mol. The van der Waals surface area contributed by atoms with E-state index in [4.69, 9.17) is 0 Å². The average Bonchev–Trinajstić information content (AvgIpc) is 1.37. The Labute approximate surface area is 42.8 Å². The molecule has 0 saturated carbocycles. The van der Waals surface area contributed by atoms with Crippen molar-refractivity contribution in [2.45, 2.75) is 0 Å². The third kappa shape index (κ3) is 16.2. The monoisotopic (exact) mass is 112 g/mol. The maximum Gasteiger partial charge on any atom is 0 e. The fourth-order valence-electron chi connectivity index (χ4n) is 0. The molecule has 1 radical (unpaired) electrons. The molecule has 0 aromatic rings. The molecule has 0 aromatic carbocycles. The van der Waals surface area contributed by atoms with Crippen LogP contribution < -0.4 is 0 Å². The molecule has 1 heteroatoms. The van der Waals surface area contributed by atoms with E-state index in [1.807, 2.05) is 0 Å². The molecule has 0 aliphatic heterocycles. The van der Waals surface area contributed by atoms with Crippen molar-refractivity contribution in [3.8, 4) is 0 Å². The summed E-state index contributed by atoms with van der Waals surface area (Å²) in [6, 6.07) is 0. The predicted octanol–water partition coefficient (Wildman–Crippen LogP) is 1.16. The largest absolute Gasteiger partial charge is 0.259 e. The first-order chi connectivity index (χ1) is 1.91. The summed E-state index contributed by atoms with van der Waals surface area (Å²) >= 11 is 0. The minimum absolute atomic E-state index is 0. The Morgan fingerprint density at radius 2 is 1.80 bits per heavy atom. The van der Waals surface area contributed by atoms with Gasteiger partial charge in [0.05, 0.1) is 0 Å². The average molecular weight is 112 g/mol. The third-order valence-electron chi connectivity index (χ3n) is 0.144. The van der Waals surface area contributed by atoms with Crippen LogP contribution in [0.15, 0.2) is 19.2 Å². The maximum atomic E-state index is 3.31. The summed E-state index contributed by atoms with van der Waals surface area (Å²) in [5.74, 6) is 0. The fraction of sp³-hybridized carbons (Fsp3) is 0. The zero-order valence-electron chi connectivity index (χ0n) is 2.82. The van der Waals surface area contributed by atoms with E-state index in [1.54, 1.807) is 0 Å². The van der Waals surface area contributed by atoms with Crippen LogP contribution in [0.2, 0.25) is 0 Å². The Morgan fingerprint density at radius 1 is 1.60 bits per heavy atom. The van der Waals surface area contributed by atoms with Crippen LogP contribution in [0.5, 0.6) is 0 Å². The van der Waals surface area contributed by atoms with E-state index in [-0.39, 0.29) is 16.8 Å². The Kier molecular flexibility index (Phi) is 16.0. The third-order valence-corrected chi connectivity index (χ3v) is 0.144. The van der Waals surface area contributed by atoms with E-state index < -0.39 is 0 Å². The molecule has 0 spiro atoms. The van der Waals surface area contributed by atoms with E-state index in [0.717, 1.165) is 0 Å². The first-order valence-corrected chi connectivity index (χ1v) is 1.05. The molecule has 0 aliphatic rings. The SMILES string of the molecule is C=[C-]C=C.[Co]. The molecule has 31 valence electrons. The van der Waals surface area contributed by atoms with Crippen molar-refractivity contribution in [2.75, 3.05) is 0 Å². The molecule has 0 fully saturated rings. The van der Waals surface area contributed by atoms with Gasteiger partial charge in [-0.3, -0.25) is 6.08 Å². The van der Waals surface area contributed by atoms with Crippen LogP contribution in [0.1, 0.15) is 0 Å². The summed E-state index contributed by atoms with van der Waals surface area (Å²) in [7, 11) is 0. The van der Waals surface area contributed by atoms with Crippen LogP contribution in [-0.4, -0.2) is 0 Å². The summed E-state index contributed by atoms with van der Waals surface area (Å²) in [5, 5.41) is 0. The van der Waals surface area contributed by atoms with E-state index in [1.165, 1.54) is 6.08 Å². The second-order valence-electron chi connectivity index (χ2n) is 0.408. The summed E-state index contributed by atoms with van der Waals surface area (Å²) in [4.78, 5) is 0. The van der Waals surface area contributed by atoms with Crippen molar-refractivity contribution in [1.82, 2.24) is 0 Å². The van der Waals surface area contributed by atoms with Gasteiger partial charge in [0, 0.05) is 16.8 Å². The zero-order valence-corrected chi connectivity index (χ0v) is 3.87. The van der Waals surface area contributed by atoms with Gasteiger partial charge in [-0.2, -0.15) is 6.58 Å². The zero-order chi connectivity index (χ0) is 3.41. The summed E-state index contributed by atoms with van der Waals surface area (Å²) in [6.07, 6.45) is 3.96. The second kappa shape index (κ2) is 9.01. The van der Waals surface area contributed by atoms with Gasteiger partial charge < -0.3 is 0 Å². The van der Waals surface area contributed by atoms with Crippen molar-refractivity contribution < 1.29 is 16.8 Å². The van der Waals surface area contributed by atoms with Crippen molar-refractivity contribution in [3.63, 3.8) is 0 Å². The topological polar surface area (TPSA) is 0 Å². The maximum absolute atomic E-state index is 3.31. The molecule has 0 unspecified atom stereocenters. The van der Waals surface area contributed by atoms with Gasteiger partial charge in [0.15, 0.2) is 0 Å². The molecule has 0 heterocycles.